The molecule has 0 bridgehead atoms. The van der Waals surface area contributed by atoms with Crippen LogP contribution in [0.3, 0.4) is 0 Å². The number of aliphatic imine (C=N–C) groups is 1. The van der Waals surface area contributed by atoms with Crippen molar-refractivity contribution >= 4 is 40.7 Å². The predicted octanol–water partition coefficient (Wildman–Crippen LogP) is 6.12. The number of alkyl halides is 3. The van der Waals surface area contributed by atoms with Gasteiger partial charge in [0.25, 0.3) is 0 Å². The molecule has 152 valence electrons. The molecule has 0 fully saturated rings. The summed E-state index contributed by atoms with van der Waals surface area (Å²) in [7, 11) is 0. The third-order valence-electron chi connectivity index (χ3n) is 3.95. The molecule has 1 aromatic heterocycles. The van der Waals surface area contributed by atoms with Crippen LogP contribution in [0.4, 0.5) is 24.7 Å². The monoisotopic (exact) mass is 441 g/mol. The summed E-state index contributed by atoms with van der Waals surface area (Å²) in [5, 5.41) is 12.7. The molecule has 5 nitrogen and oxygen atoms in total. The van der Waals surface area contributed by atoms with E-state index in [1.165, 1.54) is 6.92 Å². The van der Waals surface area contributed by atoms with Crippen molar-refractivity contribution in [2.75, 3.05) is 10.6 Å². The van der Waals surface area contributed by atoms with Crippen molar-refractivity contribution in [3.8, 4) is 0 Å². The van der Waals surface area contributed by atoms with Crippen LogP contribution >= 0.6 is 23.2 Å². The number of H-pyrrole nitrogens is 1. The van der Waals surface area contributed by atoms with Crippen molar-refractivity contribution in [2.45, 2.75) is 19.6 Å². The Hall–Kier alpha value is -2.71. The summed E-state index contributed by atoms with van der Waals surface area (Å²) >= 11 is 11.9. The number of aromatic amines is 1. The number of nitrogens with zero attached hydrogens (tertiary/aromatic N) is 2. The highest BCUT2D eigenvalue weighted by atomic mass is 35.5. The predicted molar refractivity (Wildman–Crippen MR) is 110 cm³/mol. The van der Waals surface area contributed by atoms with E-state index in [4.69, 9.17) is 23.2 Å². The van der Waals surface area contributed by atoms with E-state index in [1.54, 1.807) is 36.4 Å². The number of anilines is 2. The molecule has 3 rings (SSSR count). The fourth-order valence-electron chi connectivity index (χ4n) is 2.48. The third-order valence-corrected chi connectivity index (χ3v) is 4.44. The van der Waals surface area contributed by atoms with Crippen molar-refractivity contribution in [1.82, 2.24) is 10.2 Å². The zero-order valence-electron chi connectivity index (χ0n) is 15.1. The highest BCUT2D eigenvalue weighted by Gasteiger charge is 2.36. The van der Waals surface area contributed by atoms with Crippen LogP contribution in [0.1, 0.15) is 16.8 Å². The molecule has 0 atom stereocenters. The summed E-state index contributed by atoms with van der Waals surface area (Å²) in [6.07, 6.45) is -4.53. The maximum Gasteiger partial charge on any atom is 0.433 e. The molecule has 0 radical (unpaired) electrons. The van der Waals surface area contributed by atoms with Crippen molar-refractivity contribution in [3.05, 3.63) is 75.4 Å². The van der Waals surface area contributed by atoms with Gasteiger partial charge in [-0.15, -0.1) is 0 Å². The highest BCUT2D eigenvalue weighted by Crippen LogP contribution is 2.32. The first kappa shape index (κ1) is 21.0. The maximum atomic E-state index is 13.0. The van der Waals surface area contributed by atoms with Gasteiger partial charge in [-0.2, -0.15) is 18.3 Å². The minimum Gasteiger partial charge on any atom is -0.326 e. The van der Waals surface area contributed by atoms with Gasteiger partial charge in [0.05, 0.1) is 6.54 Å². The highest BCUT2D eigenvalue weighted by molar-refractivity contribution is 6.31. The average Bonchev–Trinajstić information content (AvgIpc) is 3.02. The van der Waals surface area contributed by atoms with Gasteiger partial charge in [0.15, 0.2) is 5.82 Å². The lowest BCUT2D eigenvalue weighted by Gasteiger charge is -2.12. The molecule has 1 heterocycles. The molecule has 10 heteroatoms. The number of halogens is 5. The standard InChI is InChI=1S/C19H16Cl2F3N5/c1-11-16(19(22,23)24)28-29-17(11)27-18(26-15-4-2-3-14(21)9-15)25-10-12-5-7-13(20)8-6-12/h2-9H,10H2,1H3,(H3,25,26,27,28,29). The van der Waals surface area contributed by atoms with Crippen LogP contribution in [0.25, 0.3) is 0 Å². The van der Waals surface area contributed by atoms with Crippen molar-refractivity contribution in [1.29, 1.82) is 0 Å². The van der Waals surface area contributed by atoms with Gasteiger partial charge in [-0.1, -0.05) is 41.4 Å². The summed E-state index contributed by atoms with van der Waals surface area (Å²) in [5.74, 6) is 0.229. The summed E-state index contributed by atoms with van der Waals surface area (Å²) in [4.78, 5) is 4.43. The summed E-state index contributed by atoms with van der Waals surface area (Å²) in [6, 6.07) is 14.0. The second-order valence-electron chi connectivity index (χ2n) is 6.12. The van der Waals surface area contributed by atoms with E-state index >= 15 is 0 Å². The fraction of sp³-hybridized carbons (Fsp3) is 0.158. The van der Waals surface area contributed by atoms with Gasteiger partial charge in [-0.05, 0) is 42.8 Å². The van der Waals surface area contributed by atoms with Gasteiger partial charge in [0.2, 0.25) is 5.96 Å². The molecular formula is C19H16Cl2F3N5. The number of hydrogen-bond acceptors (Lipinski definition) is 2. The molecule has 0 aliphatic carbocycles. The van der Waals surface area contributed by atoms with Crippen LogP contribution in [0.5, 0.6) is 0 Å². The van der Waals surface area contributed by atoms with E-state index < -0.39 is 11.9 Å². The second kappa shape index (κ2) is 8.75. The topological polar surface area (TPSA) is 65.1 Å². The van der Waals surface area contributed by atoms with Crippen LogP contribution < -0.4 is 10.6 Å². The fourth-order valence-corrected chi connectivity index (χ4v) is 2.80. The van der Waals surface area contributed by atoms with Crippen LogP contribution in [0, 0.1) is 6.92 Å². The van der Waals surface area contributed by atoms with E-state index in [1.807, 2.05) is 17.2 Å². The lowest BCUT2D eigenvalue weighted by molar-refractivity contribution is -0.141. The largest absolute Gasteiger partial charge is 0.433 e. The van der Waals surface area contributed by atoms with Gasteiger partial charge in [-0.25, -0.2) is 4.99 Å². The molecule has 3 N–H and O–H groups in total. The first-order valence-electron chi connectivity index (χ1n) is 8.43. The number of hydrogen-bond donors (Lipinski definition) is 3. The Morgan fingerprint density at radius 1 is 1.07 bits per heavy atom. The molecule has 0 saturated heterocycles. The molecule has 0 amide bonds. The first-order chi connectivity index (χ1) is 13.7. The Morgan fingerprint density at radius 3 is 2.41 bits per heavy atom. The Morgan fingerprint density at radius 2 is 1.79 bits per heavy atom. The van der Waals surface area contributed by atoms with E-state index in [2.05, 4.69) is 20.7 Å². The van der Waals surface area contributed by atoms with Crippen LogP contribution in [-0.4, -0.2) is 16.2 Å². The quantitative estimate of drug-likeness (QED) is 0.337. The molecule has 29 heavy (non-hydrogen) atoms. The molecule has 0 aliphatic rings. The van der Waals surface area contributed by atoms with Crippen molar-refractivity contribution in [2.24, 2.45) is 4.99 Å². The lowest BCUT2D eigenvalue weighted by atomic mass is 10.2. The number of rotatable bonds is 4. The number of guanidine groups is 1. The molecule has 0 saturated carbocycles. The van der Waals surface area contributed by atoms with Gasteiger partial charge in [0, 0.05) is 21.3 Å². The minimum absolute atomic E-state index is 0.0155. The zero-order valence-corrected chi connectivity index (χ0v) is 16.6. The molecular weight excluding hydrogens is 426 g/mol. The zero-order chi connectivity index (χ0) is 21.0. The van der Waals surface area contributed by atoms with Gasteiger partial charge in [-0.3, -0.25) is 5.10 Å². The molecule has 0 aliphatic heterocycles. The third kappa shape index (κ3) is 5.65. The summed E-state index contributed by atoms with van der Waals surface area (Å²) < 4.78 is 39.1. The molecule has 2 aromatic carbocycles. The number of nitrogens with one attached hydrogen (secondary N) is 3. The van der Waals surface area contributed by atoms with Crippen molar-refractivity contribution in [3.63, 3.8) is 0 Å². The Labute approximate surface area is 175 Å². The second-order valence-corrected chi connectivity index (χ2v) is 6.99. The normalized spacial score (nSPS) is 12.1. The Bertz CT molecular complexity index is 1010. The smallest absolute Gasteiger partial charge is 0.326 e. The lowest BCUT2D eigenvalue weighted by Crippen LogP contribution is -2.23. The van der Waals surface area contributed by atoms with Crippen LogP contribution in [0.2, 0.25) is 10.0 Å². The van der Waals surface area contributed by atoms with Gasteiger partial charge in [0.1, 0.15) is 5.69 Å². The van der Waals surface area contributed by atoms with Gasteiger partial charge >= 0.3 is 6.18 Å². The maximum absolute atomic E-state index is 13.0. The Balaban J connectivity index is 1.87. The van der Waals surface area contributed by atoms with E-state index in [0.29, 0.717) is 15.7 Å². The number of aromatic nitrogens is 2. The SMILES string of the molecule is Cc1c(NC(=NCc2ccc(Cl)cc2)Nc2cccc(Cl)c2)n[nH]c1C(F)(F)F. The van der Waals surface area contributed by atoms with Crippen LogP contribution in [0.15, 0.2) is 53.5 Å². The molecule has 3 aromatic rings. The first-order valence-corrected chi connectivity index (χ1v) is 9.18. The Kier molecular flexibility index (Phi) is 6.34. The number of benzene rings is 2. The van der Waals surface area contributed by atoms with Gasteiger partial charge < -0.3 is 10.6 Å². The summed E-state index contributed by atoms with van der Waals surface area (Å²) in [6.45, 7) is 1.59. The van der Waals surface area contributed by atoms with E-state index in [0.717, 1.165) is 5.56 Å². The van der Waals surface area contributed by atoms with E-state index in [9.17, 15) is 13.2 Å². The summed E-state index contributed by atoms with van der Waals surface area (Å²) in [5.41, 5.74) is 0.504. The molecule has 0 unspecified atom stereocenters. The van der Waals surface area contributed by atoms with E-state index in [-0.39, 0.29) is 23.9 Å². The van der Waals surface area contributed by atoms with Crippen molar-refractivity contribution < 1.29 is 13.2 Å². The molecule has 0 spiro atoms. The van der Waals surface area contributed by atoms with Crippen LogP contribution in [-0.2, 0) is 12.7 Å². The average molecular weight is 442 g/mol. The minimum atomic E-state index is -4.53.